The molecule has 3 aromatic rings. The number of aromatic hydroxyl groups is 1. The van der Waals surface area contributed by atoms with Crippen LogP contribution >= 0.6 is 11.6 Å². The minimum Gasteiger partial charge on any atom is -0.508 e. The molecule has 1 aromatic heterocycles. The predicted octanol–water partition coefficient (Wildman–Crippen LogP) is 5.46. The van der Waals surface area contributed by atoms with Gasteiger partial charge in [0, 0.05) is 60.7 Å². The third-order valence-electron chi connectivity index (χ3n) is 11.6. The number of pyridine rings is 1. The maximum absolute atomic E-state index is 14.6. The van der Waals surface area contributed by atoms with Crippen LogP contribution in [0.25, 0.3) is 10.8 Å². The van der Waals surface area contributed by atoms with Crippen LogP contribution in [-0.2, 0) is 13.0 Å². The first kappa shape index (κ1) is 27.9. The summed E-state index contributed by atoms with van der Waals surface area (Å²) in [7, 11) is 0. The molecule has 0 radical (unpaired) electrons. The lowest BCUT2D eigenvalue weighted by Gasteiger charge is -2.43. The van der Waals surface area contributed by atoms with Crippen molar-refractivity contribution in [1.29, 1.82) is 5.26 Å². The van der Waals surface area contributed by atoms with Crippen LogP contribution in [0.4, 0.5) is 15.8 Å². The second-order valence-corrected chi connectivity index (χ2v) is 14.8. The number of alkyl halides is 1. The summed E-state index contributed by atoms with van der Waals surface area (Å²) >= 11 is 6.81. The second kappa shape index (κ2) is 10.1. The van der Waals surface area contributed by atoms with Crippen LogP contribution < -0.4 is 19.9 Å². The Morgan fingerprint density at radius 3 is 2.76 bits per heavy atom. The summed E-state index contributed by atoms with van der Waals surface area (Å²) in [6.07, 6.45) is 6.64. The molecule has 2 bridgehead atoms. The summed E-state index contributed by atoms with van der Waals surface area (Å²) in [6, 6.07) is 12.7. The van der Waals surface area contributed by atoms with E-state index in [1.807, 2.05) is 24.3 Å². The van der Waals surface area contributed by atoms with E-state index in [0.717, 1.165) is 98.0 Å². The molecule has 6 aliphatic rings. The lowest BCUT2D eigenvalue weighted by Crippen LogP contribution is -2.52. The van der Waals surface area contributed by atoms with Crippen LogP contribution in [0.2, 0.25) is 5.02 Å². The van der Waals surface area contributed by atoms with Gasteiger partial charge in [0.05, 0.1) is 34.2 Å². The highest BCUT2D eigenvalue weighted by atomic mass is 35.5. The first-order valence-electron chi connectivity index (χ1n) is 16.5. The van der Waals surface area contributed by atoms with Gasteiger partial charge in [0.1, 0.15) is 30.2 Å². The standard InChI is InChI=1S/C35H38ClFN6O2/c36-28-4-1-3-21-11-25(44)12-30(31(21)28)43-19-29-26(14-34(43)8-9-34)32(41-17-23-5-6-24(18-41)39-23)27(15-38)33(40-29)45-20-35-7-2-10-42(35)16-22(37)13-35/h1,3-4,11-12,22-24,39,44H,2,5-10,13-14,16-20H2/t22-,23?,24?,35+/m1/s1. The Morgan fingerprint density at radius 2 is 1.98 bits per heavy atom. The lowest BCUT2D eigenvalue weighted by molar-refractivity contribution is 0.110. The third-order valence-corrected chi connectivity index (χ3v) is 11.9. The van der Waals surface area contributed by atoms with Gasteiger partial charge in [-0.25, -0.2) is 9.37 Å². The summed E-state index contributed by atoms with van der Waals surface area (Å²) < 4.78 is 21.2. The van der Waals surface area contributed by atoms with Crippen molar-refractivity contribution in [1.82, 2.24) is 15.2 Å². The number of phenols is 1. The quantitative estimate of drug-likeness (QED) is 0.386. The largest absolute Gasteiger partial charge is 0.508 e. The summed E-state index contributed by atoms with van der Waals surface area (Å²) in [5.74, 6) is 0.574. The van der Waals surface area contributed by atoms with Crippen molar-refractivity contribution in [2.24, 2.45) is 0 Å². The van der Waals surface area contributed by atoms with Gasteiger partial charge in [0.2, 0.25) is 5.88 Å². The molecule has 9 rings (SSSR count). The highest BCUT2D eigenvalue weighted by molar-refractivity contribution is 6.36. The zero-order valence-electron chi connectivity index (χ0n) is 25.4. The van der Waals surface area contributed by atoms with Gasteiger partial charge in [-0.05, 0) is 69.0 Å². The Labute approximate surface area is 267 Å². The number of rotatable bonds is 5. The van der Waals surface area contributed by atoms with Crippen LogP contribution in [-0.4, -0.2) is 77.1 Å². The molecule has 4 saturated heterocycles. The van der Waals surface area contributed by atoms with Gasteiger partial charge in [0.25, 0.3) is 0 Å². The summed E-state index contributed by atoms with van der Waals surface area (Å²) in [6.45, 7) is 3.91. The van der Waals surface area contributed by atoms with Gasteiger partial charge in [-0.1, -0.05) is 23.7 Å². The Balaban J connectivity index is 1.16. The van der Waals surface area contributed by atoms with Crippen molar-refractivity contribution >= 4 is 33.7 Å². The molecule has 1 spiro atoms. The fraction of sp³-hybridized carbons (Fsp3) is 0.543. The van der Waals surface area contributed by atoms with Crippen LogP contribution in [0.1, 0.15) is 61.8 Å². The fourth-order valence-electron chi connectivity index (χ4n) is 9.37. The van der Waals surface area contributed by atoms with Gasteiger partial charge in [-0.3, -0.25) is 4.90 Å². The number of anilines is 2. The monoisotopic (exact) mass is 628 g/mol. The van der Waals surface area contributed by atoms with Crippen molar-refractivity contribution in [3.05, 3.63) is 52.2 Å². The molecule has 5 aliphatic heterocycles. The Hall–Kier alpha value is -3.32. The van der Waals surface area contributed by atoms with Crippen molar-refractivity contribution in [2.45, 2.75) is 87.2 Å². The number of phenolic OH excluding ortho intramolecular Hbond substituents is 1. The molecular weight excluding hydrogens is 591 g/mol. The number of ether oxygens (including phenoxy) is 1. The number of piperazine rings is 1. The SMILES string of the molecule is N#Cc1c(OC[C@@]23CCCN2C[C@H](F)C3)nc2c(c1N1CC3CCC(C1)N3)CC1(CC1)N(c1cc(O)cc3cccc(Cl)c13)C2. The van der Waals surface area contributed by atoms with Crippen molar-refractivity contribution < 1.29 is 14.2 Å². The number of hydrogen-bond donors (Lipinski definition) is 2. The number of benzene rings is 2. The fourth-order valence-corrected chi connectivity index (χ4v) is 9.65. The number of nitrogens with zero attached hydrogens (tertiary/aromatic N) is 5. The van der Waals surface area contributed by atoms with Gasteiger partial charge >= 0.3 is 0 Å². The molecule has 1 aliphatic carbocycles. The van der Waals surface area contributed by atoms with Gasteiger partial charge in [-0.15, -0.1) is 0 Å². The number of nitrogens with one attached hydrogen (secondary N) is 1. The van der Waals surface area contributed by atoms with Crippen molar-refractivity contribution in [2.75, 3.05) is 42.6 Å². The van der Waals surface area contributed by atoms with E-state index < -0.39 is 6.17 Å². The molecule has 8 nitrogen and oxygen atoms in total. The average Bonchev–Trinajstić information content (AvgIpc) is 3.38. The Bertz CT molecular complexity index is 1750. The molecule has 5 fully saturated rings. The minimum atomic E-state index is -0.847. The Kier molecular flexibility index (Phi) is 6.27. The van der Waals surface area contributed by atoms with Crippen molar-refractivity contribution in [3.63, 3.8) is 0 Å². The minimum absolute atomic E-state index is 0.130. The number of aromatic nitrogens is 1. The molecule has 234 valence electrons. The smallest absolute Gasteiger partial charge is 0.234 e. The van der Waals surface area contributed by atoms with E-state index in [0.29, 0.717) is 54.7 Å². The van der Waals surface area contributed by atoms with E-state index in [-0.39, 0.29) is 16.8 Å². The molecule has 6 heterocycles. The van der Waals surface area contributed by atoms with E-state index in [9.17, 15) is 14.8 Å². The van der Waals surface area contributed by atoms with E-state index in [4.69, 9.17) is 21.3 Å². The van der Waals surface area contributed by atoms with E-state index in [1.165, 1.54) is 0 Å². The molecule has 2 unspecified atom stereocenters. The van der Waals surface area contributed by atoms with Crippen LogP contribution in [0.5, 0.6) is 11.6 Å². The predicted molar refractivity (Wildman–Crippen MR) is 172 cm³/mol. The molecule has 45 heavy (non-hydrogen) atoms. The average molecular weight is 629 g/mol. The maximum atomic E-state index is 14.6. The van der Waals surface area contributed by atoms with E-state index in [2.05, 4.69) is 26.1 Å². The van der Waals surface area contributed by atoms with Gasteiger partial charge in [-0.2, -0.15) is 5.26 Å². The number of halogens is 2. The number of nitriles is 1. The number of hydrogen-bond acceptors (Lipinski definition) is 8. The lowest BCUT2D eigenvalue weighted by atomic mass is 9.90. The molecule has 1 saturated carbocycles. The molecular formula is C35H38ClFN6O2. The zero-order valence-corrected chi connectivity index (χ0v) is 26.1. The Morgan fingerprint density at radius 1 is 1.16 bits per heavy atom. The highest BCUT2D eigenvalue weighted by Crippen LogP contribution is 2.55. The van der Waals surface area contributed by atoms with Crippen LogP contribution in [0, 0.1) is 11.3 Å². The van der Waals surface area contributed by atoms with Crippen LogP contribution in [0.3, 0.4) is 0 Å². The summed E-state index contributed by atoms with van der Waals surface area (Å²) in [5, 5.41) is 27.7. The van der Waals surface area contributed by atoms with Gasteiger partial charge < -0.3 is 25.0 Å². The summed E-state index contributed by atoms with van der Waals surface area (Å²) in [4.78, 5) is 12.2. The summed E-state index contributed by atoms with van der Waals surface area (Å²) in [5.41, 5.74) is 4.00. The first-order valence-corrected chi connectivity index (χ1v) is 16.9. The van der Waals surface area contributed by atoms with Gasteiger partial charge in [0.15, 0.2) is 0 Å². The van der Waals surface area contributed by atoms with Crippen molar-refractivity contribution in [3.8, 4) is 17.7 Å². The third kappa shape index (κ3) is 4.39. The highest BCUT2D eigenvalue weighted by Gasteiger charge is 2.53. The normalized spacial score (nSPS) is 29.7. The zero-order chi connectivity index (χ0) is 30.5. The molecule has 4 atom stereocenters. The van der Waals surface area contributed by atoms with Crippen LogP contribution in [0.15, 0.2) is 30.3 Å². The maximum Gasteiger partial charge on any atom is 0.234 e. The molecule has 2 N–H and O–H groups in total. The topological polar surface area (TPSA) is 87.9 Å². The second-order valence-electron chi connectivity index (χ2n) is 14.4. The molecule has 0 amide bonds. The molecule has 10 heteroatoms. The first-order chi connectivity index (χ1) is 21.8. The van der Waals surface area contributed by atoms with E-state index in [1.54, 1.807) is 6.07 Å². The molecule has 2 aromatic carbocycles. The number of fused-ring (bicyclic) bond motifs is 5. The van der Waals surface area contributed by atoms with E-state index >= 15 is 0 Å².